The fraction of sp³-hybridized carbons (Fsp3) is 0.385. The van der Waals surface area contributed by atoms with Crippen molar-refractivity contribution in [1.29, 1.82) is 0 Å². The Morgan fingerprint density at radius 1 is 1.00 bits per heavy atom. The fourth-order valence-corrected chi connectivity index (χ4v) is 4.56. The number of aromatic nitrogens is 5. The van der Waals surface area contributed by atoms with Crippen molar-refractivity contribution in [3.8, 4) is 5.69 Å². The van der Waals surface area contributed by atoms with E-state index in [4.69, 9.17) is 0 Å². The Bertz CT molecular complexity index is 1510. The van der Waals surface area contributed by atoms with Crippen LogP contribution in [0.3, 0.4) is 0 Å². The van der Waals surface area contributed by atoms with Gasteiger partial charge in [-0.1, -0.05) is 20.3 Å². The molecule has 1 aromatic carbocycles. The Labute approximate surface area is 202 Å². The van der Waals surface area contributed by atoms with Gasteiger partial charge in [0, 0.05) is 35.7 Å². The molecule has 9 heteroatoms. The van der Waals surface area contributed by atoms with Crippen LogP contribution in [-0.4, -0.2) is 29.0 Å². The lowest BCUT2D eigenvalue weighted by atomic mass is 10.1. The van der Waals surface area contributed by atoms with Crippen LogP contribution in [0.1, 0.15) is 54.9 Å². The second-order valence-corrected chi connectivity index (χ2v) is 8.81. The van der Waals surface area contributed by atoms with E-state index in [9.17, 15) is 18.8 Å². The topological polar surface area (TPSA) is 83.8 Å². The van der Waals surface area contributed by atoms with Gasteiger partial charge in [0.2, 0.25) is 0 Å². The molecule has 3 heterocycles. The summed E-state index contributed by atoms with van der Waals surface area (Å²) in [6.45, 7) is 8.29. The van der Waals surface area contributed by atoms with Crippen molar-refractivity contribution >= 4 is 16.9 Å². The van der Waals surface area contributed by atoms with Crippen molar-refractivity contribution in [2.75, 3.05) is 0 Å². The maximum atomic E-state index is 13.4. The average molecular weight is 480 g/mol. The van der Waals surface area contributed by atoms with Crippen LogP contribution in [0, 0.1) is 19.7 Å². The van der Waals surface area contributed by atoms with E-state index < -0.39 is 11.2 Å². The van der Waals surface area contributed by atoms with Crippen molar-refractivity contribution in [3.63, 3.8) is 0 Å². The molecule has 0 amide bonds. The number of carbonyl (C=O) groups is 1. The maximum Gasteiger partial charge on any atom is 0.333 e. The quantitative estimate of drug-likeness (QED) is 0.340. The first-order chi connectivity index (χ1) is 16.8. The highest BCUT2D eigenvalue weighted by molar-refractivity contribution is 5.97. The van der Waals surface area contributed by atoms with Crippen LogP contribution in [0.25, 0.3) is 16.9 Å². The van der Waals surface area contributed by atoms with E-state index in [1.54, 1.807) is 36.0 Å². The normalized spacial score (nSPS) is 11.5. The van der Waals surface area contributed by atoms with Crippen molar-refractivity contribution in [3.05, 3.63) is 80.3 Å². The number of hydrogen-bond acceptors (Lipinski definition) is 4. The minimum Gasteiger partial charge on any atom is -0.325 e. The predicted molar refractivity (Wildman–Crippen MR) is 133 cm³/mol. The third-order valence-corrected chi connectivity index (χ3v) is 6.30. The zero-order chi connectivity index (χ0) is 25.3. The molecule has 4 aromatic rings. The van der Waals surface area contributed by atoms with Gasteiger partial charge in [-0.25, -0.2) is 14.2 Å². The number of fused-ring (bicyclic) bond motifs is 1. The number of ketones is 1. The molecule has 0 fully saturated rings. The highest BCUT2D eigenvalue weighted by atomic mass is 19.1. The lowest BCUT2D eigenvalue weighted by Gasteiger charge is -2.12. The lowest BCUT2D eigenvalue weighted by molar-refractivity contribution is 0.0968. The van der Waals surface area contributed by atoms with Gasteiger partial charge in [-0.05, 0) is 57.0 Å². The number of aryl methyl sites for hydroxylation is 3. The van der Waals surface area contributed by atoms with Gasteiger partial charge in [-0.3, -0.25) is 18.7 Å². The molecule has 0 spiro atoms. The fourth-order valence-electron chi connectivity index (χ4n) is 4.56. The van der Waals surface area contributed by atoms with Crippen LogP contribution in [0.4, 0.5) is 4.39 Å². The zero-order valence-corrected chi connectivity index (χ0v) is 20.5. The second-order valence-electron chi connectivity index (χ2n) is 8.81. The Morgan fingerprint density at radius 2 is 1.71 bits per heavy atom. The predicted octanol–water partition coefficient (Wildman–Crippen LogP) is 4.00. The van der Waals surface area contributed by atoms with Gasteiger partial charge in [0.05, 0.1) is 12.9 Å². The number of Topliss-reactive ketones (excluding diaryl/α,β-unsaturated/α-hetero) is 1. The lowest BCUT2D eigenvalue weighted by Crippen LogP contribution is -2.42. The smallest absolute Gasteiger partial charge is 0.325 e. The summed E-state index contributed by atoms with van der Waals surface area (Å²) in [7, 11) is 0. The van der Waals surface area contributed by atoms with E-state index >= 15 is 0 Å². The Balaban J connectivity index is 1.79. The summed E-state index contributed by atoms with van der Waals surface area (Å²) >= 11 is 0. The summed E-state index contributed by atoms with van der Waals surface area (Å²) < 4.78 is 19.5. The number of nitrogens with zero attached hydrogens (tertiary/aromatic N) is 5. The highest BCUT2D eigenvalue weighted by Gasteiger charge is 2.22. The van der Waals surface area contributed by atoms with E-state index in [-0.39, 0.29) is 18.1 Å². The maximum absolute atomic E-state index is 13.4. The standard InChI is InChI=1S/C26H30FN5O3/c1-5-7-13-29-16-28-24-23(29)25(34)31(26(35)30(24)12-6-2)15-22(33)21-14-17(3)32(18(21)4)20-10-8-19(27)9-11-20/h8-11,14,16H,5-7,12-13,15H2,1-4H3. The van der Waals surface area contributed by atoms with Crippen LogP contribution in [-0.2, 0) is 19.6 Å². The van der Waals surface area contributed by atoms with Gasteiger partial charge >= 0.3 is 5.69 Å². The first-order valence-electron chi connectivity index (χ1n) is 11.9. The van der Waals surface area contributed by atoms with Crippen LogP contribution in [0.5, 0.6) is 0 Å². The molecule has 0 N–H and O–H groups in total. The monoisotopic (exact) mass is 479 g/mol. The van der Waals surface area contributed by atoms with E-state index in [1.165, 1.54) is 16.7 Å². The minimum absolute atomic E-state index is 0.340. The molecule has 0 aliphatic heterocycles. The van der Waals surface area contributed by atoms with Gasteiger partial charge in [-0.15, -0.1) is 0 Å². The molecule has 0 saturated heterocycles. The molecule has 4 rings (SSSR count). The molecule has 184 valence electrons. The molecule has 0 aliphatic rings. The Hall–Kier alpha value is -3.75. The number of hydrogen-bond donors (Lipinski definition) is 0. The first kappa shape index (κ1) is 24.4. The minimum atomic E-state index is -0.536. The molecule has 0 radical (unpaired) electrons. The van der Waals surface area contributed by atoms with Gasteiger partial charge in [0.25, 0.3) is 5.56 Å². The summed E-state index contributed by atoms with van der Waals surface area (Å²) in [5.41, 5.74) is 2.25. The summed E-state index contributed by atoms with van der Waals surface area (Å²) in [6, 6.07) is 7.75. The second kappa shape index (κ2) is 9.85. The third kappa shape index (κ3) is 4.38. The van der Waals surface area contributed by atoms with Gasteiger partial charge in [0.15, 0.2) is 16.9 Å². The van der Waals surface area contributed by atoms with Gasteiger partial charge < -0.3 is 9.13 Å². The Morgan fingerprint density at radius 3 is 2.37 bits per heavy atom. The van der Waals surface area contributed by atoms with Crippen LogP contribution < -0.4 is 11.2 Å². The highest BCUT2D eigenvalue weighted by Crippen LogP contribution is 2.22. The zero-order valence-electron chi connectivity index (χ0n) is 20.5. The third-order valence-electron chi connectivity index (χ3n) is 6.30. The van der Waals surface area contributed by atoms with Crippen molar-refractivity contribution < 1.29 is 9.18 Å². The summed E-state index contributed by atoms with van der Waals surface area (Å²) in [4.78, 5) is 44.4. The van der Waals surface area contributed by atoms with Gasteiger partial charge in [0.1, 0.15) is 5.82 Å². The Kier molecular flexibility index (Phi) is 6.86. The molecule has 0 aliphatic carbocycles. The average Bonchev–Trinajstić information content (AvgIpc) is 3.39. The number of imidazole rings is 1. The molecule has 8 nitrogen and oxygen atoms in total. The number of unbranched alkanes of at least 4 members (excludes halogenated alkanes) is 1. The molecule has 0 unspecified atom stereocenters. The number of carbonyl (C=O) groups excluding carboxylic acids is 1. The van der Waals surface area contributed by atoms with Crippen LogP contribution in [0.15, 0.2) is 46.2 Å². The summed E-state index contributed by atoms with van der Waals surface area (Å²) in [5.74, 6) is -0.684. The van der Waals surface area contributed by atoms with Crippen LogP contribution in [0.2, 0.25) is 0 Å². The number of rotatable bonds is 9. The van der Waals surface area contributed by atoms with E-state index in [1.807, 2.05) is 18.4 Å². The van der Waals surface area contributed by atoms with Crippen molar-refractivity contribution in [1.82, 2.24) is 23.3 Å². The van der Waals surface area contributed by atoms with Crippen LogP contribution >= 0.6 is 0 Å². The van der Waals surface area contributed by atoms with Crippen molar-refractivity contribution in [2.45, 2.75) is 66.6 Å². The first-order valence-corrected chi connectivity index (χ1v) is 11.9. The molecular formula is C26H30FN5O3. The summed E-state index contributed by atoms with van der Waals surface area (Å²) in [5, 5.41) is 0. The van der Waals surface area contributed by atoms with E-state index in [0.717, 1.165) is 28.8 Å². The van der Waals surface area contributed by atoms with Crippen molar-refractivity contribution in [2.24, 2.45) is 0 Å². The van der Waals surface area contributed by atoms with E-state index in [2.05, 4.69) is 11.9 Å². The SMILES string of the molecule is CCCCn1cnc2c1c(=O)n(CC(=O)c1cc(C)n(-c3ccc(F)cc3)c1C)c(=O)n2CCC. The molecule has 0 atom stereocenters. The molecule has 0 bridgehead atoms. The molecular weight excluding hydrogens is 449 g/mol. The number of halogens is 1. The molecule has 0 saturated carbocycles. The van der Waals surface area contributed by atoms with Gasteiger partial charge in [-0.2, -0.15) is 0 Å². The molecule has 3 aromatic heterocycles. The number of benzene rings is 1. The molecule has 35 heavy (non-hydrogen) atoms. The summed E-state index contributed by atoms with van der Waals surface area (Å²) in [6.07, 6.45) is 4.09. The van der Waals surface area contributed by atoms with E-state index in [0.29, 0.717) is 41.9 Å². The largest absolute Gasteiger partial charge is 0.333 e.